The average molecular weight is 340 g/mol. The van der Waals surface area contributed by atoms with Gasteiger partial charge in [-0.05, 0) is 13.0 Å². The van der Waals surface area contributed by atoms with Crippen molar-refractivity contribution in [1.82, 2.24) is 24.7 Å². The van der Waals surface area contributed by atoms with Crippen LogP contribution in [0.25, 0.3) is 11.0 Å². The van der Waals surface area contributed by atoms with E-state index in [9.17, 15) is 4.79 Å². The maximum absolute atomic E-state index is 12.2. The first kappa shape index (κ1) is 15.6. The summed E-state index contributed by atoms with van der Waals surface area (Å²) in [6.07, 6.45) is 5.11. The Morgan fingerprint density at radius 2 is 2.12 bits per heavy atom. The van der Waals surface area contributed by atoms with E-state index in [0.717, 1.165) is 31.5 Å². The van der Waals surface area contributed by atoms with Gasteiger partial charge in [0.1, 0.15) is 11.5 Å². The molecule has 1 saturated heterocycles. The van der Waals surface area contributed by atoms with Crippen LogP contribution in [-0.2, 0) is 7.05 Å². The van der Waals surface area contributed by atoms with Gasteiger partial charge in [0, 0.05) is 44.7 Å². The van der Waals surface area contributed by atoms with Gasteiger partial charge in [0.2, 0.25) is 11.8 Å². The summed E-state index contributed by atoms with van der Waals surface area (Å²) >= 11 is 0. The van der Waals surface area contributed by atoms with Crippen LogP contribution in [0.15, 0.2) is 29.3 Å². The lowest BCUT2D eigenvalue weighted by Gasteiger charge is -2.32. The van der Waals surface area contributed by atoms with Crippen LogP contribution >= 0.6 is 0 Å². The van der Waals surface area contributed by atoms with Crippen molar-refractivity contribution < 1.29 is 4.74 Å². The van der Waals surface area contributed by atoms with Crippen molar-refractivity contribution >= 4 is 17.0 Å². The topological polar surface area (TPSA) is 88.9 Å². The Kier molecular flexibility index (Phi) is 3.87. The smallest absolute Gasteiger partial charge is 0.263 e. The summed E-state index contributed by atoms with van der Waals surface area (Å²) in [5.41, 5.74) is 1.48. The van der Waals surface area contributed by atoms with E-state index in [1.54, 1.807) is 24.1 Å². The molecule has 3 aromatic rings. The van der Waals surface area contributed by atoms with Crippen molar-refractivity contribution in [3.8, 4) is 5.88 Å². The van der Waals surface area contributed by atoms with Gasteiger partial charge in [-0.3, -0.25) is 14.5 Å². The van der Waals surface area contributed by atoms with E-state index in [2.05, 4.69) is 25.0 Å². The Balaban J connectivity index is 1.48. The third-order valence-corrected chi connectivity index (χ3v) is 4.57. The lowest BCUT2D eigenvalue weighted by atomic mass is 10.1. The first-order valence-electron chi connectivity index (χ1n) is 8.37. The second-order valence-electron chi connectivity index (χ2n) is 6.32. The molecule has 1 fully saturated rings. The molecular formula is C17H20N6O2. The number of aromatic amines is 1. The summed E-state index contributed by atoms with van der Waals surface area (Å²) < 4.78 is 7.65. The lowest BCUT2D eigenvalue weighted by Crippen LogP contribution is -2.40. The molecule has 0 spiro atoms. The quantitative estimate of drug-likeness (QED) is 0.775. The number of fused-ring (bicyclic) bond motifs is 1. The van der Waals surface area contributed by atoms with Crippen LogP contribution in [-0.4, -0.2) is 43.9 Å². The molecular weight excluding hydrogens is 320 g/mol. The van der Waals surface area contributed by atoms with Crippen LogP contribution in [0.2, 0.25) is 0 Å². The highest BCUT2D eigenvalue weighted by Gasteiger charge is 2.23. The highest BCUT2D eigenvalue weighted by molar-refractivity contribution is 5.74. The van der Waals surface area contributed by atoms with Crippen LogP contribution in [0.3, 0.4) is 0 Å². The van der Waals surface area contributed by atoms with Crippen molar-refractivity contribution in [3.05, 3.63) is 40.4 Å². The van der Waals surface area contributed by atoms with E-state index in [1.807, 2.05) is 19.1 Å². The van der Waals surface area contributed by atoms with Gasteiger partial charge in [0.25, 0.3) is 5.56 Å². The Labute approximate surface area is 144 Å². The van der Waals surface area contributed by atoms with E-state index in [-0.39, 0.29) is 11.7 Å². The predicted octanol–water partition coefficient (Wildman–Crippen LogP) is 1.41. The molecule has 0 bridgehead atoms. The summed E-state index contributed by atoms with van der Waals surface area (Å²) in [6.45, 7) is 3.53. The minimum atomic E-state index is -0.157. The van der Waals surface area contributed by atoms with Crippen LogP contribution in [0, 0.1) is 6.92 Å². The van der Waals surface area contributed by atoms with Crippen molar-refractivity contribution in [3.63, 3.8) is 0 Å². The maximum atomic E-state index is 12.2. The van der Waals surface area contributed by atoms with Crippen molar-refractivity contribution in [2.24, 2.45) is 7.05 Å². The Morgan fingerprint density at radius 1 is 1.32 bits per heavy atom. The highest BCUT2D eigenvalue weighted by Crippen LogP contribution is 2.22. The molecule has 0 amide bonds. The molecule has 0 aliphatic carbocycles. The summed E-state index contributed by atoms with van der Waals surface area (Å²) in [7, 11) is 1.79. The molecule has 3 aromatic heterocycles. The zero-order chi connectivity index (χ0) is 17.4. The number of H-pyrrole nitrogens is 1. The zero-order valence-electron chi connectivity index (χ0n) is 14.3. The standard InChI is InChI=1S/C17H20N6O2/c1-11-4-3-7-18-16(11)25-12-5-8-23(9-6-12)17-20-14-13(15(24)21-17)10-19-22(14)2/h3-4,7,10,12H,5-6,8-9H2,1-2H3,(H,20,21,24). The number of hydrogen-bond donors (Lipinski definition) is 1. The number of hydrogen-bond acceptors (Lipinski definition) is 6. The fourth-order valence-electron chi connectivity index (χ4n) is 3.11. The van der Waals surface area contributed by atoms with Crippen molar-refractivity contribution in [2.75, 3.05) is 18.0 Å². The molecule has 0 atom stereocenters. The van der Waals surface area contributed by atoms with Crippen molar-refractivity contribution in [1.29, 1.82) is 0 Å². The molecule has 130 valence electrons. The van der Waals surface area contributed by atoms with E-state index >= 15 is 0 Å². The van der Waals surface area contributed by atoms with Crippen LogP contribution < -0.4 is 15.2 Å². The van der Waals surface area contributed by atoms with Crippen LogP contribution in [0.5, 0.6) is 5.88 Å². The van der Waals surface area contributed by atoms with Crippen LogP contribution in [0.4, 0.5) is 5.95 Å². The summed E-state index contributed by atoms with van der Waals surface area (Å²) in [6, 6.07) is 3.90. The van der Waals surface area contributed by atoms with Gasteiger partial charge >= 0.3 is 0 Å². The molecule has 4 heterocycles. The number of rotatable bonds is 3. The molecule has 1 N–H and O–H groups in total. The monoisotopic (exact) mass is 340 g/mol. The molecule has 0 aromatic carbocycles. The molecule has 0 radical (unpaired) electrons. The molecule has 8 heteroatoms. The second-order valence-corrected chi connectivity index (χ2v) is 6.32. The summed E-state index contributed by atoms with van der Waals surface area (Å²) in [5, 5.41) is 4.61. The second kappa shape index (κ2) is 6.19. The molecule has 8 nitrogen and oxygen atoms in total. The van der Waals surface area contributed by atoms with E-state index in [1.165, 1.54) is 0 Å². The van der Waals surface area contributed by atoms with E-state index < -0.39 is 0 Å². The molecule has 1 aliphatic heterocycles. The van der Waals surface area contributed by atoms with Gasteiger partial charge in [-0.2, -0.15) is 10.1 Å². The van der Waals surface area contributed by atoms with Gasteiger partial charge in [0.05, 0.1) is 6.20 Å². The van der Waals surface area contributed by atoms with E-state index in [0.29, 0.717) is 22.9 Å². The third-order valence-electron chi connectivity index (χ3n) is 4.57. The highest BCUT2D eigenvalue weighted by atomic mass is 16.5. The van der Waals surface area contributed by atoms with Gasteiger partial charge in [0.15, 0.2) is 5.65 Å². The number of aryl methyl sites for hydroxylation is 2. The normalized spacial score (nSPS) is 15.7. The van der Waals surface area contributed by atoms with Crippen LogP contribution in [0.1, 0.15) is 18.4 Å². The number of pyridine rings is 1. The number of nitrogens with one attached hydrogen (secondary N) is 1. The molecule has 1 aliphatic rings. The number of nitrogens with zero attached hydrogens (tertiary/aromatic N) is 5. The fraction of sp³-hybridized carbons (Fsp3) is 0.412. The number of piperidine rings is 1. The Bertz CT molecular complexity index is 955. The van der Waals surface area contributed by atoms with E-state index in [4.69, 9.17) is 4.74 Å². The number of ether oxygens (including phenoxy) is 1. The lowest BCUT2D eigenvalue weighted by molar-refractivity contribution is 0.162. The van der Waals surface area contributed by atoms with Gasteiger partial charge < -0.3 is 9.64 Å². The average Bonchev–Trinajstić information content (AvgIpc) is 2.99. The van der Waals surface area contributed by atoms with Gasteiger partial charge in [-0.25, -0.2) is 4.98 Å². The SMILES string of the molecule is Cc1cccnc1OC1CCN(c2nc3c(cnn3C)c(=O)[nH]2)CC1. The summed E-state index contributed by atoms with van der Waals surface area (Å²) in [4.78, 5) is 26.0. The number of anilines is 1. The third kappa shape index (κ3) is 2.95. The molecule has 0 saturated carbocycles. The minimum absolute atomic E-state index is 0.122. The molecule has 25 heavy (non-hydrogen) atoms. The van der Waals surface area contributed by atoms with Gasteiger partial charge in [-0.1, -0.05) is 6.07 Å². The molecule has 0 unspecified atom stereocenters. The molecule has 4 rings (SSSR count). The van der Waals surface area contributed by atoms with Crippen molar-refractivity contribution in [2.45, 2.75) is 25.9 Å². The Hall–Kier alpha value is -2.90. The largest absolute Gasteiger partial charge is 0.474 e. The van der Waals surface area contributed by atoms with Gasteiger partial charge in [-0.15, -0.1) is 0 Å². The Morgan fingerprint density at radius 3 is 2.88 bits per heavy atom. The summed E-state index contributed by atoms with van der Waals surface area (Å²) in [5.74, 6) is 1.29. The fourth-order valence-corrected chi connectivity index (χ4v) is 3.11. The zero-order valence-corrected chi connectivity index (χ0v) is 14.3. The number of aromatic nitrogens is 5. The first-order chi connectivity index (χ1) is 12.1. The maximum Gasteiger partial charge on any atom is 0.263 e. The predicted molar refractivity (Wildman–Crippen MR) is 94.0 cm³/mol. The first-order valence-corrected chi connectivity index (χ1v) is 8.37. The minimum Gasteiger partial charge on any atom is -0.474 e.